The van der Waals surface area contributed by atoms with Crippen LogP contribution in [0, 0.1) is 11.8 Å². The minimum atomic E-state index is -0.570. The fourth-order valence-electron chi connectivity index (χ4n) is 2.58. The molecule has 0 heterocycles. The molecule has 1 aromatic carbocycles. The molecule has 1 aliphatic carbocycles. The quantitative estimate of drug-likeness (QED) is 0.672. The summed E-state index contributed by atoms with van der Waals surface area (Å²) >= 11 is 5.84. The van der Waals surface area contributed by atoms with Gasteiger partial charge in [-0.25, -0.2) is 0 Å². The van der Waals surface area contributed by atoms with Crippen LogP contribution in [0.3, 0.4) is 0 Å². The van der Waals surface area contributed by atoms with Crippen molar-refractivity contribution in [1.29, 1.82) is 0 Å². The van der Waals surface area contributed by atoms with Crippen molar-refractivity contribution < 1.29 is 9.59 Å². The van der Waals surface area contributed by atoms with Crippen LogP contribution in [0.2, 0.25) is 5.02 Å². The van der Waals surface area contributed by atoms with Crippen LogP contribution in [0.1, 0.15) is 43.5 Å². The molecule has 2 atom stereocenters. The van der Waals surface area contributed by atoms with E-state index in [0.29, 0.717) is 29.5 Å². The Labute approximate surface area is 148 Å². The van der Waals surface area contributed by atoms with Gasteiger partial charge in [-0.2, -0.15) is 0 Å². The Kier molecular flexibility index (Phi) is 6.63. The van der Waals surface area contributed by atoms with Gasteiger partial charge in [0, 0.05) is 23.2 Å². The first-order valence-electron chi connectivity index (χ1n) is 8.46. The standard InChI is InChI=1S/C18H26ClN3O2/c1-11(2)9-16(18(24)21-10-15(20)12-3-4-12)22-17(23)13-5-7-14(19)8-6-13/h5-8,11-12,15-16H,3-4,9-10,20H2,1-2H3,(H,21,24)(H,22,23). The highest BCUT2D eigenvalue weighted by atomic mass is 35.5. The average molecular weight is 352 g/mol. The lowest BCUT2D eigenvalue weighted by Gasteiger charge is -2.21. The van der Waals surface area contributed by atoms with Gasteiger partial charge in [-0.05, 0) is 55.4 Å². The smallest absolute Gasteiger partial charge is 0.251 e. The molecule has 2 unspecified atom stereocenters. The molecule has 0 spiro atoms. The van der Waals surface area contributed by atoms with Crippen LogP contribution >= 0.6 is 11.6 Å². The van der Waals surface area contributed by atoms with Gasteiger partial charge in [0.15, 0.2) is 0 Å². The lowest BCUT2D eigenvalue weighted by Crippen LogP contribution is -2.50. The normalized spacial score (nSPS) is 16.5. The molecule has 1 aromatic rings. The molecule has 5 nitrogen and oxygen atoms in total. The fourth-order valence-corrected chi connectivity index (χ4v) is 2.70. The zero-order chi connectivity index (χ0) is 17.7. The van der Waals surface area contributed by atoms with E-state index in [9.17, 15) is 9.59 Å². The van der Waals surface area contributed by atoms with Gasteiger partial charge in [0.2, 0.25) is 5.91 Å². The van der Waals surface area contributed by atoms with E-state index in [-0.39, 0.29) is 23.8 Å². The predicted octanol–water partition coefficient (Wildman–Crippen LogP) is 2.34. The maximum absolute atomic E-state index is 12.4. The zero-order valence-corrected chi connectivity index (χ0v) is 15.0. The highest BCUT2D eigenvalue weighted by Gasteiger charge is 2.29. The van der Waals surface area contributed by atoms with Crippen molar-refractivity contribution in [1.82, 2.24) is 10.6 Å². The van der Waals surface area contributed by atoms with Crippen molar-refractivity contribution in [2.24, 2.45) is 17.6 Å². The van der Waals surface area contributed by atoms with Crippen LogP contribution in [-0.4, -0.2) is 30.4 Å². The predicted molar refractivity (Wildman–Crippen MR) is 95.9 cm³/mol. The maximum atomic E-state index is 12.4. The zero-order valence-electron chi connectivity index (χ0n) is 14.2. The Balaban J connectivity index is 1.94. The van der Waals surface area contributed by atoms with Crippen LogP contribution in [0.4, 0.5) is 0 Å². The highest BCUT2D eigenvalue weighted by Crippen LogP contribution is 2.31. The Hall–Kier alpha value is -1.59. The number of halogens is 1. The summed E-state index contributed by atoms with van der Waals surface area (Å²) in [5.74, 6) is 0.349. The third-order valence-corrected chi connectivity index (χ3v) is 4.43. The molecule has 1 fully saturated rings. The summed E-state index contributed by atoms with van der Waals surface area (Å²) in [6, 6.07) is 6.03. The van der Waals surface area contributed by atoms with Gasteiger partial charge in [0.1, 0.15) is 6.04 Å². The summed E-state index contributed by atoms with van der Waals surface area (Å²) in [5.41, 5.74) is 6.50. The number of carbonyl (C=O) groups excluding carboxylic acids is 2. The van der Waals surface area contributed by atoms with Gasteiger partial charge in [-0.1, -0.05) is 25.4 Å². The van der Waals surface area contributed by atoms with E-state index in [1.165, 1.54) is 0 Å². The van der Waals surface area contributed by atoms with Crippen molar-refractivity contribution in [3.8, 4) is 0 Å². The SMILES string of the molecule is CC(C)CC(NC(=O)c1ccc(Cl)cc1)C(=O)NCC(N)C1CC1. The summed E-state index contributed by atoms with van der Waals surface area (Å²) in [5, 5.41) is 6.26. The molecular formula is C18H26ClN3O2. The van der Waals surface area contributed by atoms with Gasteiger partial charge >= 0.3 is 0 Å². The molecule has 0 aromatic heterocycles. The van der Waals surface area contributed by atoms with Gasteiger partial charge in [-0.15, -0.1) is 0 Å². The van der Waals surface area contributed by atoms with Crippen LogP contribution in [-0.2, 0) is 4.79 Å². The largest absolute Gasteiger partial charge is 0.353 e. The summed E-state index contributed by atoms with van der Waals surface area (Å²) in [6.45, 7) is 4.49. The second-order valence-electron chi connectivity index (χ2n) is 6.91. The molecular weight excluding hydrogens is 326 g/mol. The topological polar surface area (TPSA) is 84.2 Å². The number of amides is 2. The van der Waals surface area contributed by atoms with Crippen molar-refractivity contribution in [2.45, 2.75) is 45.2 Å². The van der Waals surface area contributed by atoms with E-state index in [1.807, 2.05) is 13.8 Å². The highest BCUT2D eigenvalue weighted by molar-refractivity contribution is 6.30. The fraction of sp³-hybridized carbons (Fsp3) is 0.556. The van der Waals surface area contributed by atoms with Crippen molar-refractivity contribution in [3.05, 3.63) is 34.9 Å². The third-order valence-electron chi connectivity index (χ3n) is 4.17. The molecule has 0 radical (unpaired) electrons. The Bertz CT molecular complexity index is 570. The van der Waals surface area contributed by atoms with E-state index in [2.05, 4.69) is 10.6 Å². The average Bonchev–Trinajstić information content (AvgIpc) is 3.36. The lowest BCUT2D eigenvalue weighted by atomic mass is 10.0. The number of rotatable bonds is 8. The van der Waals surface area contributed by atoms with E-state index in [0.717, 1.165) is 12.8 Å². The van der Waals surface area contributed by atoms with Crippen molar-refractivity contribution in [3.63, 3.8) is 0 Å². The van der Waals surface area contributed by atoms with Crippen LogP contribution in [0.5, 0.6) is 0 Å². The minimum absolute atomic E-state index is 0.000571. The Morgan fingerprint density at radius 1 is 1.25 bits per heavy atom. The van der Waals surface area contributed by atoms with E-state index >= 15 is 0 Å². The molecule has 24 heavy (non-hydrogen) atoms. The molecule has 6 heteroatoms. The summed E-state index contributed by atoms with van der Waals surface area (Å²) in [6.07, 6.45) is 2.85. The summed E-state index contributed by atoms with van der Waals surface area (Å²) in [4.78, 5) is 24.8. The van der Waals surface area contributed by atoms with Gasteiger partial charge in [-0.3, -0.25) is 9.59 Å². The number of hydrogen-bond donors (Lipinski definition) is 3. The second-order valence-corrected chi connectivity index (χ2v) is 7.35. The van der Waals surface area contributed by atoms with Gasteiger partial charge in [0.05, 0.1) is 0 Å². The minimum Gasteiger partial charge on any atom is -0.353 e. The molecule has 132 valence electrons. The van der Waals surface area contributed by atoms with Gasteiger partial charge < -0.3 is 16.4 Å². The molecule has 0 aliphatic heterocycles. The first kappa shape index (κ1) is 18.7. The monoisotopic (exact) mass is 351 g/mol. The van der Waals surface area contributed by atoms with E-state index in [4.69, 9.17) is 17.3 Å². The Morgan fingerprint density at radius 3 is 2.42 bits per heavy atom. The number of benzene rings is 1. The van der Waals surface area contributed by atoms with Crippen molar-refractivity contribution >= 4 is 23.4 Å². The molecule has 1 aliphatic rings. The van der Waals surface area contributed by atoms with Gasteiger partial charge in [0.25, 0.3) is 5.91 Å². The van der Waals surface area contributed by atoms with E-state index < -0.39 is 6.04 Å². The lowest BCUT2D eigenvalue weighted by molar-refractivity contribution is -0.123. The van der Waals surface area contributed by atoms with Crippen LogP contribution < -0.4 is 16.4 Å². The number of nitrogens with one attached hydrogen (secondary N) is 2. The van der Waals surface area contributed by atoms with Crippen LogP contribution in [0.25, 0.3) is 0 Å². The van der Waals surface area contributed by atoms with Crippen molar-refractivity contribution in [2.75, 3.05) is 6.54 Å². The summed E-state index contributed by atoms with van der Waals surface area (Å²) in [7, 11) is 0. The number of hydrogen-bond acceptors (Lipinski definition) is 3. The molecule has 2 amide bonds. The molecule has 0 bridgehead atoms. The first-order chi connectivity index (χ1) is 11.4. The first-order valence-corrected chi connectivity index (χ1v) is 8.84. The molecule has 2 rings (SSSR count). The molecule has 0 saturated heterocycles. The Morgan fingerprint density at radius 2 is 1.88 bits per heavy atom. The summed E-state index contributed by atoms with van der Waals surface area (Å²) < 4.78 is 0. The second kappa shape index (κ2) is 8.49. The number of nitrogens with two attached hydrogens (primary N) is 1. The molecule has 4 N–H and O–H groups in total. The third kappa shape index (κ3) is 5.80. The number of carbonyl (C=O) groups is 2. The van der Waals surface area contributed by atoms with Crippen LogP contribution in [0.15, 0.2) is 24.3 Å². The van der Waals surface area contributed by atoms with E-state index in [1.54, 1.807) is 24.3 Å². The molecule has 1 saturated carbocycles. The maximum Gasteiger partial charge on any atom is 0.251 e.